The predicted molar refractivity (Wildman–Crippen MR) is 115 cm³/mol. The summed E-state index contributed by atoms with van der Waals surface area (Å²) in [5.41, 5.74) is 2.28. The summed E-state index contributed by atoms with van der Waals surface area (Å²) in [6.45, 7) is 0. The molecule has 0 unspecified atom stereocenters. The first-order chi connectivity index (χ1) is 16.2. The minimum Gasteiger partial charge on any atom is -0.471 e. The summed E-state index contributed by atoms with van der Waals surface area (Å²) in [7, 11) is -3.98. The highest BCUT2D eigenvalue weighted by Gasteiger charge is 2.59. The van der Waals surface area contributed by atoms with Gasteiger partial charge in [-0.15, -0.1) is 0 Å². The van der Waals surface area contributed by atoms with Crippen molar-refractivity contribution in [2.45, 2.75) is 23.4 Å². The molecule has 13 heteroatoms. The number of aromatic nitrogens is 2. The van der Waals surface area contributed by atoms with Crippen LogP contribution >= 0.6 is 0 Å². The van der Waals surface area contributed by atoms with Gasteiger partial charge in [0.25, 0.3) is 6.10 Å². The molecule has 0 amide bonds. The quantitative estimate of drug-likeness (QED) is 0.347. The number of sulfonamides is 1. The summed E-state index contributed by atoms with van der Waals surface area (Å²) in [5, 5.41) is 5.29. The van der Waals surface area contributed by atoms with E-state index in [4.69, 9.17) is 5.14 Å². The number of hydrogen-bond acceptors (Lipinski definition) is 4. The monoisotopic (exact) mass is 515 g/mol. The Hall–Kier alpha value is -3.58. The number of ether oxygens (including phenoxy) is 1. The lowest BCUT2D eigenvalue weighted by Gasteiger charge is -2.23. The number of aromatic amines is 1. The molecular weight excluding hydrogens is 500 g/mol. The number of hydrogen-bond donors (Lipinski definition) is 2. The highest BCUT2D eigenvalue weighted by molar-refractivity contribution is 7.89. The van der Waals surface area contributed by atoms with Crippen LogP contribution in [0, 0.1) is 0 Å². The van der Waals surface area contributed by atoms with E-state index >= 15 is 0 Å². The Morgan fingerprint density at radius 1 is 0.857 bits per heavy atom. The fourth-order valence-corrected chi connectivity index (χ4v) is 4.17. The number of alkyl halides is 6. The van der Waals surface area contributed by atoms with Crippen LogP contribution in [0.3, 0.4) is 0 Å². The highest BCUT2D eigenvalue weighted by atomic mass is 32.2. The average molecular weight is 515 g/mol. The van der Waals surface area contributed by atoms with Crippen molar-refractivity contribution in [1.29, 1.82) is 0 Å². The number of nitrogens with one attached hydrogen (secondary N) is 1. The maximum absolute atomic E-state index is 12.7. The van der Waals surface area contributed by atoms with Gasteiger partial charge in [-0.1, -0.05) is 24.3 Å². The number of imidazole rings is 1. The molecule has 0 aliphatic heterocycles. The van der Waals surface area contributed by atoms with Crippen LogP contribution in [-0.2, 0) is 10.0 Å². The number of rotatable bonds is 5. The molecule has 1 aromatic heterocycles. The maximum atomic E-state index is 12.7. The Bertz CT molecular complexity index is 1470. The van der Waals surface area contributed by atoms with Crippen molar-refractivity contribution in [3.05, 3.63) is 66.7 Å². The van der Waals surface area contributed by atoms with E-state index in [2.05, 4.69) is 14.7 Å². The van der Waals surface area contributed by atoms with Crippen LogP contribution in [0.25, 0.3) is 33.5 Å². The first-order valence-corrected chi connectivity index (χ1v) is 11.3. The number of nitrogens with two attached hydrogens (primary N) is 1. The van der Waals surface area contributed by atoms with Gasteiger partial charge in [0.05, 0.1) is 15.9 Å². The van der Waals surface area contributed by atoms with Gasteiger partial charge in [-0.05, 0) is 48.0 Å². The standard InChI is InChI=1S/C22H15F6N3O3S/c23-21(24,25)20(22(26,27)28)34-14-8-5-12(6-9-14)19-30-16-10-7-13(11-17(16)31-19)15-3-1-2-4-18(15)35(29,32)33/h1-11,20H,(H,30,31)(H2,29,32,33). The molecule has 3 aromatic carbocycles. The molecule has 1 heterocycles. The SMILES string of the molecule is NS(=O)(=O)c1ccccc1-c1ccc2nc(-c3ccc(OC(C(F)(F)F)C(F)(F)F)cc3)[nH]c2c1. The summed E-state index contributed by atoms with van der Waals surface area (Å²) >= 11 is 0. The molecule has 0 saturated heterocycles. The molecule has 0 aliphatic carbocycles. The van der Waals surface area contributed by atoms with Crippen LogP contribution < -0.4 is 9.88 Å². The number of fused-ring (bicyclic) bond motifs is 1. The third-order valence-electron chi connectivity index (χ3n) is 4.96. The lowest BCUT2D eigenvalue weighted by Crippen LogP contribution is -2.46. The Kier molecular flexibility index (Phi) is 6.01. The molecule has 3 N–H and O–H groups in total. The second kappa shape index (κ2) is 8.57. The Labute approximate surface area is 194 Å². The number of nitrogens with zero attached hydrogens (tertiary/aromatic N) is 1. The molecule has 35 heavy (non-hydrogen) atoms. The van der Waals surface area contributed by atoms with E-state index in [1.54, 1.807) is 30.3 Å². The van der Waals surface area contributed by atoms with Crippen molar-refractivity contribution < 1.29 is 39.5 Å². The van der Waals surface area contributed by atoms with E-state index in [1.807, 2.05) is 0 Å². The van der Waals surface area contributed by atoms with Gasteiger partial charge in [-0.3, -0.25) is 0 Å². The zero-order valence-electron chi connectivity index (χ0n) is 17.4. The molecule has 0 fully saturated rings. The van der Waals surface area contributed by atoms with Crippen LogP contribution in [0.5, 0.6) is 5.75 Å². The van der Waals surface area contributed by atoms with Gasteiger partial charge in [0, 0.05) is 11.1 Å². The normalized spacial score (nSPS) is 12.9. The second-order valence-electron chi connectivity index (χ2n) is 7.46. The number of primary sulfonamides is 1. The van der Waals surface area contributed by atoms with Crippen molar-refractivity contribution in [3.63, 3.8) is 0 Å². The van der Waals surface area contributed by atoms with Gasteiger partial charge in [-0.2, -0.15) is 26.3 Å². The first kappa shape index (κ1) is 24.5. The molecule has 0 atom stereocenters. The summed E-state index contributed by atoms with van der Waals surface area (Å²) in [5.74, 6) is -0.335. The zero-order valence-corrected chi connectivity index (χ0v) is 18.2. The van der Waals surface area contributed by atoms with Crippen LogP contribution in [0.4, 0.5) is 26.3 Å². The van der Waals surface area contributed by atoms with Crippen molar-refractivity contribution in [2.24, 2.45) is 5.14 Å². The van der Waals surface area contributed by atoms with Crippen LogP contribution in [-0.4, -0.2) is 36.8 Å². The van der Waals surface area contributed by atoms with Crippen LogP contribution in [0.2, 0.25) is 0 Å². The van der Waals surface area contributed by atoms with Crippen LogP contribution in [0.1, 0.15) is 0 Å². The molecule has 0 aliphatic rings. The average Bonchev–Trinajstić information content (AvgIpc) is 3.19. The van der Waals surface area contributed by atoms with E-state index in [-0.39, 0.29) is 10.7 Å². The zero-order chi connectivity index (χ0) is 25.6. The van der Waals surface area contributed by atoms with E-state index in [0.717, 1.165) is 12.1 Å². The van der Waals surface area contributed by atoms with E-state index in [0.29, 0.717) is 27.7 Å². The van der Waals surface area contributed by atoms with Gasteiger partial charge < -0.3 is 9.72 Å². The van der Waals surface area contributed by atoms with Gasteiger partial charge in [0.1, 0.15) is 11.6 Å². The van der Waals surface area contributed by atoms with Gasteiger partial charge in [0.2, 0.25) is 10.0 Å². The summed E-state index contributed by atoms with van der Waals surface area (Å²) in [6, 6.07) is 15.5. The largest absolute Gasteiger partial charge is 0.471 e. The fraction of sp³-hybridized carbons (Fsp3) is 0.136. The molecule has 0 saturated carbocycles. The number of benzene rings is 3. The van der Waals surface area contributed by atoms with Crippen molar-refractivity contribution >= 4 is 21.1 Å². The third-order valence-corrected chi connectivity index (χ3v) is 5.93. The van der Waals surface area contributed by atoms with Crippen molar-refractivity contribution in [2.75, 3.05) is 0 Å². The molecular formula is C22H15F6N3O3S. The molecule has 0 radical (unpaired) electrons. The Morgan fingerprint density at radius 3 is 2.06 bits per heavy atom. The molecule has 184 valence electrons. The molecule has 0 bridgehead atoms. The second-order valence-corrected chi connectivity index (χ2v) is 8.99. The Morgan fingerprint density at radius 2 is 1.46 bits per heavy atom. The summed E-state index contributed by atoms with van der Waals surface area (Å²) in [4.78, 5) is 7.29. The minimum absolute atomic E-state index is 0.0642. The molecule has 4 rings (SSSR count). The van der Waals surface area contributed by atoms with Gasteiger partial charge >= 0.3 is 12.4 Å². The first-order valence-electron chi connectivity index (χ1n) is 9.76. The maximum Gasteiger partial charge on any atom is 0.434 e. The number of H-pyrrole nitrogens is 1. The minimum atomic E-state index is -5.63. The Balaban J connectivity index is 1.64. The van der Waals surface area contributed by atoms with E-state index in [1.165, 1.54) is 24.3 Å². The van der Waals surface area contributed by atoms with Crippen LogP contribution in [0.15, 0.2) is 71.6 Å². The van der Waals surface area contributed by atoms with Gasteiger partial charge in [-0.25, -0.2) is 18.5 Å². The molecule has 6 nitrogen and oxygen atoms in total. The summed E-state index contributed by atoms with van der Waals surface area (Å²) < 4.78 is 104. The lowest BCUT2D eigenvalue weighted by atomic mass is 10.1. The third kappa shape index (κ3) is 5.25. The summed E-state index contributed by atoms with van der Waals surface area (Å²) in [6.07, 6.45) is -15.2. The molecule has 4 aromatic rings. The molecule has 0 spiro atoms. The van der Waals surface area contributed by atoms with E-state index in [9.17, 15) is 34.8 Å². The number of halogens is 6. The van der Waals surface area contributed by atoms with Gasteiger partial charge in [0.15, 0.2) is 0 Å². The fourth-order valence-electron chi connectivity index (χ4n) is 3.41. The smallest absolute Gasteiger partial charge is 0.434 e. The van der Waals surface area contributed by atoms with E-state index < -0.39 is 34.2 Å². The predicted octanol–water partition coefficient (Wildman–Crippen LogP) is 5.42. The van der Waals surface area contributed by atoms with Crippen molar-refractivity contribution in [3.8, 4) is 28.3 Å². The topological polar surface area (TPSA) is 98.1 Å². The van der Waals surface area contributed by atoms with Crippen molar-refractivity contribution in [1.82, 2.24) is 9.97 Å². The lowest BCUT2D eigenvalue weighted by molar-refractivity contribution is -0.299. The highest BCUT2D eigenvalue weighted by Crippen LogP contribution is 2.37.